The Morgan fingerprint density at radius 2 is 1.38 bits per heavy atom. The van der Waals surface area contributed by atoms with Crippen molar-refractivity contribution in [3.63, 3.8) is 0 Å². The number of unbranched alkanes of at least 4 members (excludes halogenated alkanes) is 3. The number of aromatic nitrogens is 1. The van der Waals surface area contributed by atoms with Gasteiger partial charge in [0.2, 0.25) is 0 Å². The van der Waals surface area contributed by atoms with Crippen molar-refractivity contribution in [1.29, 1.82) is 0 Å². The quantitative estimate of drug-likeness (QED) is 0.368. The van der Waals surface area contributed by atoms with Crippen LogP contribution in [0.3, 0.4) is 0 Å². The van der Waals surface area contributed by atoms with E-state index in [0.29, 0.717) is 0 Å². The summed E-state index contributed by atoms with van der Waals surface area (Å²) in [6, 6.07) is 3.45. The van der Waals surface area contributed by atoms with Crippen LogP contribution in [0.5, 0.6) is 0 Å². The maximum Gasteiger partial charge on any atom is 0.319 e. The van der Waals surface area contributed by atoms with Gasteiger partial charge in [-0.25, -0.2) is 4.79 Å². The number of carbonyl (C=O) groups excluding carboxylic acids is 1. The molecule has 0 aliphatic carbocycles. The Balaban J connectivity index is 2.46. The van der Waals surface area contributed by atoms with E-state index in [-0.39, 0.29) is 6.03 Å². The molecule has 0 atom stereocenters. The van der Waals surface area contributed by atoms with Gasteiger partial charge in [0.25, 0.3) is 0 Å². The SMILES string of the molecule is CCCC[N+](CCCC)(CCCC)CCCNC(=O)Nc1ccncc1. The van der Waals surface area contributed by atoms with Crippen molar-refractivity contribution in [3.05, 3.63) is 24.5 Å². The van der Waals surface area contributed by atoms with Gasteiger partial charge in [0.05, 0.1) is 26.2 Å². The van der Waals surface area contributed by atoms with E-state index in [1.165, 1.54) is 62.6 Å². The summed E-state index contributed by atoms with van der Waals surface area (Å²) in [4.78, 5) is 16.0. The van der Waals surface area contributed by atoms with Gasteiger partial charge in [-0.1, -0.05) is 40.0 Å². The first kappa shape index (κ1) is 22.4. The van der Waals surface area contributed by atoms with Gasteiger partial charge in [-0.05, 0) is 31.4 Å². The number of rotatable bonds is 14. The molecule has 5 nitrogen and oxygen atoms in total. The fraction of sp³-hybridized carbons (Fsp3) is 0.714. The molecule has 1 heterocycles. The second-order valence-electron chi connectivity index (χ2n) is 7.27. The highest BCUT2D eigenvalue weighted by Crippen LogP contribution is 2.15. The summed E-state index contributed by atoms with van der Waals surface area (Å²) in [6.45, 7) is 12.5. The Kier molecular flexibility index (Phi) is 11.7. The van der Waals surface area contributed by atoms with E-state index in [9.17, 15) is 4.79 Å². The summed E-state index contributed by atoms with van der Waals surface area (Å²) < 4.78 is 1.23. The van der Waals surface area contributed by atoms with Crippen molar-refractivity contribution >= 4 is 11.7 Å². The van der Waals surface area contributed by atoms with E-state index in [1.807, 2.05) is 0 Å². The number of hydrogen-bond donors (Lipinski definition) is 2. The molecular formula is C21H39N4O+. The Hall–Kier alpha value is -1.62. The molecule has 0 fully saturated rings. The summed E-state index contributed by atoms with van der Waals surface area (Å²) in [7, 11) is 0. The Morgan fingerprint density at radius 3 is 1.88 bits per heavy atom. The smallest absolute Gasteiger partial charge is 0.319 e. The molecule has 2 N–H and O–H groups in total. The number of nitrogens with one attached hydrogen (secondary N) is 2. The van der Waals surface area contributed by atoms with E-state index in [1.54, 1.807) is 24.5 Å². The minimum absolute atomic E-state index is 0.134. The van der Waals surface area contributed by atoms with Crippen LogP contribution < -0.4 is 10.6 Å². The van der Waals surface area contributed by atoms with E-state index in [0.717, 1.165) is 25.2 Å². The topological polar surface area (TPSA) is 54.0 Å². The van der Waals surface area contributed by atoms with Crippen molar-refractivity contribution in [3.8, 4) is 0 Å². The molecule has 2 amide bonds. The summed E-state index contributed by atoms with van der Waals surface area (Å²) in [5, 5.41) is 5.84. The Labute approximate surface area is 160 Å². The molecule has 0 bridgehead atoms. The van der Waals surface area contributed by atoms with Gasteiger partial charge in [-0.3, -0.25) is 4.98 Å². The van der Waals surface area contributed by atoms with E-state index in [2.05, 4.69) is 36.4 Å². The molecule has 26 heavy (non-hydrogen) atoms. The third-order valence-electron chi connectivity index (χ3n) is 4.99. The summed E-state index contributed by atoms with van der Waals surface area (Å²) in [5.74, 6) is 0. The van der Waals surface area contributed by atoms with Crippen LogP contribution in [0.15, 0.2) is 24.5 Å². The van der Waals surface area contributed by atoms with Crippen LogP contribution in [-0.4, -0.2) is 48.2 Å². The third kappa shape index (κ3) is 9.18. The molecule has 0 saturated heterocycles. The Morgan fingerprint density at radius 1 is 0.885 bits per heavy atom. The largest absolute Gasteiger partial charge is 0.338 e. The molecule has 0 aliphatic rings. The van der Waals surface area contributed by atoms with E-state index in [4.69, 9.17) is 0 Å². The number of hydrogen-bond acceptors (Lipinski definition) is 2. The minimum Gasteiger partial charge on any atom is -0.338 e. The first-order chi connectivity index (χ1) is 12.7. The van der Waals surface area contributed by atoms with Crippen molar-refractivity contribution in [2.75, 3.05) is 38.0 Å². The molecule has 0 aromatic carbocycles. The van der Waals surface area contributed by atoms with Crippen LogP contribution in [0.25, 0.3) is 0 Å². The molecule has 5 heteroatoms. The molecule has 0 unspecified atom stereocenters. The number of pyridine rings is 1. The van der Waals surface area contributed by atoms with Crippen LogP contribution in [0, 0.1) is 0 Å². The molecule has 0 saturated carbocycles. The lowest BCUT2D eigenvalue weighted by Crippen LogP contribution is -2.51. The lowest BCUT2D eigenvalue weighted by molar-refractivity contribution is -0.929. The van der Waals surface area contributed by atoms with Crippen molar-refractivity contribution in [2.45, 2.75) is 65.7 Å². The second kappa shape index (κ2) is 13.6. The van der Waals surface area contributed by atoms with Gasteiger partial charge in [-0.15, -0.1) is 0 Å². The number of carbonyl (C=O) groups is 1. The second-order valence-corrected chi connectivity index (χ2v) is 7.27. The highest BCUT2D eigenvalue weighted by Gasteiger charge is 2.25. The van der Waals surface area contributed by atoms with Gasteiger partial charge >= 0.3 is 6.03 Å². The maximum absolute atomic E-state index is 12.0. The molecule has 148 valence electrons. The maximum atomic E-state index is 12.0. The normalized spacial score (nSPS) is 11.3. The number of nitrogens with zero attached hydrogens (tertiary/aromatic N) is 2. The standard InChI is InChI=1S/C21H38N4O/c1-4-7-16-25(17-8-5-2,18-9-6-3)19-10-13-23-21(26)24-20-11-14-22-15-12-20/h11-12,14-15H,4-10,13,16-19H2,1-3H3,(H-,22,23,24,26)/p+1. The lowest BCUT2D eigenvalue weighted by atomic mass is 10.1. The van der Waals surface area contributed by atoms with Gasteiger partial charge < -0.3 is 15.1 Å². The van der Waals surface area contributed by atoms with Gasteiger partial charge in [0.1, 0.15) is 0 Å². The van der Waals surface area contributed by atoms with Crippen LogP contribution >= 0.6 is 0 Å². The first-order valence-electron chi connectivity index (χ1n) is 10.5. The van der Waals surface area contributed by atoms with Gasteiger partial charge in [0, 0.05) is 31.0 Å². The van der Waals surface area contributed by atoms with Gasteiger partial charge in [-0.2, -0.15) is 0 Å². The fourth-order valence-corrected chi connectivity index (χ4v) is 3.38. The van der Waals surface area contributed by atoms with Crippen molar-refractivity contribution in [2.24, 2.45) is 0 Å². The molecule has 0 spiro atoms. The zero-order valence-corrected chi connectivity index (χ0v) is 17.1. The highest BCUT2D eigenvalue weighted by molar-refractivity contribution is 5.88. The molecule has 1 aromatic heterocycles. The van der Waals surface area contributed by atoms with Crippen LogP contribution in [0.4, 0.5) is 10.5 Å². The van der Waals surface area contributed by atoms with Crippen LogP contribution in [0.1, 0.15) is 65.7 Å². The number of amides is 2. The third-order valence-corrected chi connectivity index (χ3v) is 4.99. The van der Waals surface area contributed by atoms with Gasteiger partial charge in [0.15, 0.2) is 0 Å². The molecule has 1 aromatic rings. The molecular weight excluding hydrogens is 324 g/mol. The summed E-state index contributed by atoms with van der Waals surface area (Å²) in [5.41, 5.74) is 0.775. The number of quaternary nitrogens is 1. The number of urea groups is 1. The molecule has 0 radical (unpaired) electrons. The minimum atomic E-state index is -0.134. The van der Waals surface area contributed by atoms with Crippen molar-refractivity contribution < 1.29 is 9.28 Å². The number of anilines is 1. The molecule has 0 aliphatic heterocycles. The Bertz CT molecular complexity index is 456. The molecule has 1 rings (SSSR count). The average Bonchev–Trinajstić information content (AvgIpc) is 2.67. The monoisotopic (exact) mass is 363 g/mol. The van der Waals surface area contributed by atoms with Crippen molar-refractivity contribution in [1.82, 2.24) is 10.3 Å². The fourth-order valence-electron chi connectivity index (χ4n) is 3.38. The van der Waals surface area contributed by atoms with Crippen LogP contribution in [-0.2, 0) is 0 Å². The summed E-state index contributed by atoms with van der Waals surface area (Å²) >= 11 is 0. The van der Waals surface area contributed by atoms with E-state index < -0.39 is 0 Å². The zero-order valence-electron chi connectivity index (χ0n) is 17.1. The highest BCUT2D eigenvalue weighted by atomic mass is 16.2. The predicted molar refractivity (Wildman–Crippen MR) is 110 cm³/mol. The van der Waals surface area contributed by atoms with Crippen LogP contribution in [0.2, 0.25) is 0 Å². The summed E-state index contributed by atoms with van der Waals surface area (Å²) in [6.07, 6.45) is 12.0. The van der Waals surface area contributed by atoms with E-state index >= 15 is 0 Å². The first-order valence-corrected chi connectivity index (χ1v) is 10.5. The average molecular weight is 364 g/mol. The predicted octanol–water partition coefficient (Wildman–Crippen LogP) is 4.81. The lowest BCUT2D eigenvalue weighted by Gasteiger charge is -2.39. The zero-order chi connectivity index (χ0) is 19.1.